The van der Waals surface area contributed by atoms with Crippen molar-refractivity contribution in [3.05, 3.63) is 47.8 Å². The van der Waals surface area contributed by atoms with Gasteiger partial charge in [0.1, 0.15) is 35.9 Å². The molecule has 3 heterocycles. The Morgan fingerprint density at radius 1 is 1.11 bits per heavy atom. The molecule has 1 aliphatic rings. The zero-order valence-corrected chi connectivity index (χ0v) is 20.9. The highest BCUT2D eigenvalue weighted by atomic mass is 32.2. The summed E-state index contributed by atoms with van der Waals surface area (Å²) in [6, 6.07) is 5.21. The summed E-state index contributed by atoms with van der Waals surface area (Å²) in [5.74, 6) is 1.10. The lowest BCUT2D eigenvalue weighted by molar-refractivity contribution is 0.0438. The summed E-state index contributed by atoms with van der Waals surface area (Å²) in [7, 11) is -0.944. The van der Waals surface area contributed by atoms with E-state index in [1.165, 1.54) is 18.8 Å². The van der Waals surface area contributed by atoms with Crippen molar-refractivity contribution >= 4 is 16.0 Å². The number of ether oxygens (including phenoxy) is 4. The van der Waals surface area contributed by atoms with Crippen molar-refractivity contribution in [2.75, 3.05) is 32.3 Å². The number of aryl methyl sites for hydroxylation is 1. The molecular weight excluding hydrogens is 476 g/mol. The summed E-state index contributed by atoms with van der Waals surface area (Å²) >= 11 is 0. The molecule has 1 aromatic carbocycles. The highest BCUT2D eigenvalue weighted by Gasteiger charge is 2.34. The van der Waals surface area contributed by atoms with Crippen LogP contribution in [-0.2, 0) is 19.5 Å². The second-order valence-electron chi connectivity index (χ2n) is 8.13. The minimum Gasteiger partial charge on any atom is -0.494 e. The molecule has 0 spiro atoms. The molecule has 13 heteroatoms. The quantitative estimate of drug-likeness (QED) is 0.462. The van der Waals surface area contributed by atoms with Gasteiger partial charge in [-0.3, -0.25) is 9.29 Å². The van der Waals surface area contributed by atoms with Crippen LogP contribution in [0.3, 0.4) is 0 Å². The molecule has 3 atom stereocenters. The molecule has 3 aromatic rings. The lowest BCUT2D eigenvalue weighted by Gasteiger charge is -2.22. The Kier molecular flexibility index (Phi) is 7.19. The van der Waals surface area contributed by atoms with Gasteiger partial charge < -0.3 is 18.9 Å². The van der Waals surface area contributed by atoms with E-state index >= 15 is 0 Å². The molecule has 4 rings (SSSR count). The van der Waals surface area contributed by atoms with Gasteiger partial charge in [0.15, 0.2) is 5.82 Å². The van der Waals surface area contributed by atoms with Crippen LogP contribution in [0.15, 0.2) is 30.6 Å². The predicted octanol–water partition coefficient (Wildman–Crippen LogP) is 2.36. The molecule has 1 N–H and O–H groups in total. The molecule has 12 nitrogen and oxygen atoms in total. The van der Waals surface area contributed by atoms with Gasteiger partial charge in [0.05, 0.1) is 26.1 Å². The van der Waals surface area contributed by atoms with Crippen molar-refractivity contribution in [2.24, 2.45) is 0 Å². The van der Waals surface area contributed by atoms with E-state index in [1.807, 2.05) is 6.92 Å². The standard InChI is InChI=1S/C22H28N6O6S/c1-13-9-23-20(24-10-13)14(2)15(3)35(29,30)27-22-26-25-21(18-11-33-12-34-18)28(22)19-16(31-4)7-6-8-17(19)32-5/h6-10,14-15,18H,11-12H2,1-5H3,(H,26,27)/t14-,15-,18-/m0/s1. The van der Waals surface area contributed by atoms with E-state index < -0.39 is 27.3 Å². The number of para-hydroxylation sites is 1. The number of anilines is 1. The van der Waals surface area contributed by atoms with Crippen molar-refractivity contribution in [2.45, 2.75) is 38.0 Å². The summed E-state index contributed by atoms with van der Waals surface area (Å²) in [5.41, 5.74) is 1.31. The Morgan fingerprint density at radius 3 is 2.34 bits per heavy atom. The summed E-state index contributed by atoms with van der Waals surface area (Å²) < 4.78 is 53.0. The molecule has 0 amide bonds. The Morgan fingerprint density at radius 2 is 1.77 bits per heavy atom. The van der Waals surface area contributed by atoms with E-state index in [0.717, 1.165) is 5.56 Å². The molecule has 1 aliphatic heterocycles. The van der Waals surface area contributed by atoms with Gasteiger partial charge in [-0.25, -0.2) is 18.4 Å². The first-order chi connectivity index (χ1) is 16.8. The molecule has 35 heavy (non-hydrogen) atoms. The lowest BCUT2D eigenvalue weighted by atomic mass is 10.1. The van der Waals surface area contributed by atoms with Crippen LogP contribution in [0.2, 0.25) is 0 Å². The number of methoxy groups -OCH3 is 2. The highest BCUT2D eigenvalue weighted by Crippen LogP contribution is 2.38. The van der Waals surface area contributed by atoms with E-state index in [2.05, 4.69) is 24.9 Å². The molecule has 0 saturated carbocycles. The van der Waals surface area contributed by atoms with Crippen LogP contribution >= 0.6 is 0 Å². The van der Waals surface area contributed by atoms with E-state index in [1.54, 1.807) is 44.4 Å². The zero-order chi connectivity index (χ0) is 25.2. The molecule has 1 fully saturated rings. The SMILES string of the molecule is COc1cccc(OC)c1-n1c(NS(=O)(=O)[C@@H](C)[C@H](C)c2ncc(C)cn2)nnc1[C@@H]1COCO1. The van der Waals surface area contributed by atoms with Gasteiger partial charge in [-0.1, -0.05) is 13.0 Å². The first-order valence-corrected chi connectivity index (χ1v) is 12.5. The maximum Gasteiger partial charge on any atom is 0.243 e. The predicted molar refractivity (Wildman–Crippen MR) is 126 cm³/mol. The number of nitrogens with zero attached hydrogens (tertiary/aromatic N) is 5. The third-order valence-corrected chi connectivity index (χ3v) is 7.71. The first-order valence-electron chi connectivity index (χ1n) is 10.9. The number of nitrogens with one attached hydrogen (secondary N) is 1. The van der Waals surface area contributed by atoms with Crippen LogP contribution in [0.1, 0.15) is 43.1 Å². The monoisotopic (exact) mass is 504 g/mol. The average molecular weight is 505 g/mol. The van der Waals surface area contributed by atoms with E-state index in [0.29, 0.717) is 28.8 Å². The number of rotatable bonds is 9. The molecule has 2 aromatic heterocycles. The van der Waals surface area contributed by atoms with Gasteiger partial charge in [-0.15, -0.1) is 10.2 Å². The summed E-state index contributed by atoms with van der Waals surface area (Å²) in [4.78, 5) is 8.57. The van der Waals surface area contributed by atoms with Crippen LogP contribution in [0.4, 0.5) is 5.95 Å². The van der Waals surface area contributed by atoms with Crippen LogP contribution in [0.25, 0.3) is 5.69 Å². The smallest absolute Gasteiger partial charge is 0.243 e. The van der Waals surface area contributed by atoms with Crippen molar-refractivity contribution in [1.29, 1.82) is 0 Å². The van der Waals surface area contributed by atoms with E-state index in [9.17, 15) is 8.42 Å². The molecule has 188 valence electrons. The number of hydrogen-bond acceptors (Lipinski definition) is 10. The van der Waals surface area contributed by atoms with Crippen molar-refractivity contribution in [3.8, 4) is 17.2 Å². The number of sulfonamides is 1. The number of aromatic nitrogens is 5. The molecule has 0 bridgehead atoms. The molecule has 0 unspecified atom stereocenters. The van der Waals surface area contributed by atoms with Gasteiger partial charge in [0, 0.05) is 18.3 Å². The van der Waals surface area contributed by atoms with Crippen molar-refractivity contribution < 1.29 is 27.4 Å². The normalized spacial score (nSPS) is 17.7. The summed E-state index contributed by atoms with van der Waals surface area (Å²) in [6.07, 6.45) is 2.76. The fourth-order valence-corrected chi connectivity index (χ4v) is 4.89. The highest BCUT2D eigenvalue weighted by molar-refractivity contribution is 7.93. The number of hydrogen-bond donors (Lipinski definition) is 1. The summed E-state index contributed by atoms with van der Waals surface area (Å²) in [5, 5.41) is 7.49. The van der Waals surface area contributed by atoms with Gasteiger partial charge >= 0.3 is 0 Å². The zero-order valence-electron chi connectivity index (χ0n) is 20.1. The third-order valence-electron chi connectivity index (χ3n) is 5.86. The molecule has 1 saturated heterocycles. The van der Waals surface area contributed by atoms with Crippen molar-refractivity contribution in [3.63, 3.8) is 0 Å². The van der Waals surface area contributed by atoms with Gasteiger partial charge in [-0.05, 0) is 31.5 Å². The average Bonchev–Trinajstić information content (AvgIpc) is 3.52. The second-order valence-corrected chi connectivity index (χ2v) is 10.2. The van der Waals surface area contributed by atoms with Crippen molar-refractivity contribution in [1.82, 2.24) is 24.7 Å². The largest absolute Gasteiger partial charge is 0.494 e. The minimum atomic E-state index is -3.96. The minimum absolute atomic E-state index is 0.0397. The molecule has 0 radical (unpaired) electrons. The maximum absolute atomic E-state index is 13.4. The lowest BCUT2D eigenvalue weighted by Crippen LogP contribution is -2.31. The van der Waals surface area contributed by atoms with E-state index in [-0.39, 0.29) is 19.3 Å². The molecular formula is C22H28N6O6S. The van der Waals surface area contributed by atoms with Crippen LogP contribution in [-0.4, -0.2) is 66.0 Å². The Balaban J connectivity index is 1.76. The van der Waals surface area contributed by atoms with Crippen LogP contribution in [0.5, 0.6) is 11.5 Å². The van der Waals surface area contributed by atoms with E-state index in [4.69, 9.17) is 18.9 Å². The maximum atomic E-state index is 13.4. The van der Waals surface area contributed by atoms with Gasteiger partial charge in [-0.2, -0.15) is 0 Å². The van der Waals surface area contributed by atoms with Crippen LogP contribution in [0, 0.1) is 6.92 Å². The van der Waals surface area contributed by atoms with Gasteiger partial charge in [0.25, 0.3) is 0 Å². The van der Waals surface area contributed by atoms with Crippen LogP contribution < -0.4 is 14.2 Å². The third kappa shape index (κ3) is 4.92. The second kappa shape index (κ2) is 10.1. The Hall–Kier alpha value is -3.29. The number of benzene rings is 1. The summed E-state index contributed by atoms with van der Waals surface area (Å²) in [6.45, 7) is 5.55. The van der Waals surface area contributed by atoms with Gasteiger partial charge in [0.2, 0.25) is 16.0 Å². The Bertz CT molecular complexity index is 1250. The first kappa shape index (κ1) is 24.8. The fraction of sp³-hybridized carbons (Fsp3) is 0.455. The fourth-order valence-electron chi connectivity index (χ4n) is 3.66. The Labute approximate surface area is 203 Å². The molecule has 0 aliphatic carbocycles. The topological polar surface area (TPSA) is 140 Å².